The molecule has 1 saturated heterocycles. The van der Waals surface area contributed by atoms with E-state index in [1.54, 1.807) is 0 Å². The molecule has 1 aromatic rings. The van der Waals surface area contributed by atoms with Crippen LogP contribution in [-0.4, -0.2) is 30.1 Å². The fourth-order valence-corrected chi connectivity index (χ4v) is 2.28. The molecule has 1 fully saturated rings. The Labute approximate surface area is 103 Å². The fourth-order valence-electron chi connectivity index (χ4n) is 2.28. The Morgan fingerprint density at radius 2 is 2.06 bits per heavy atom. The standard InChI is InChI=1S/C14H20N2O/c1-11(2)15-14(17)16-9-8-13(10-16)12-6-4-3-5-7-12/h3-7,11,13H,8-10H2,1-2H3,(H,15,17). The summed E-state index contributed by atoms with van der Waals surface area (Å²) in [6.07, 6.45) is 1.07. The molecule has 1 aliphatic heterocycles. The number of likely N-dealkylation sites (tertiary alicyclic amines) is 1. The zero-order chi connectivity index (χ0) is 12.3. The van der Waals surface area contributed by atoms with Crippen molar-refractivity contribution in [3.8, 4) is 0 Å². The molecule has 0 saturated carbocycles. The van der Waals surface area contributed by atoms with Gasteiger partial charge in [0, 0.05) is 25.0 Å². The highest BCUT2D eigenvalue weighted by Crippen LogP contribution is 2.26. The average molecular weight is 232 g/mol. The normalized spacial score (nSPS) is 19.7. The molecule has 1 aromatic carbocycles. The van der Waals surface area contributed by atoms with Gasteiger partial charge in [0.25, 0.3) is 0 Å². The van der Waals surface area contributed by atoms with Gasteiger partial charge in [0.05, 0.1) is 0 Å². The van der Waals surface area contributed by atoms with Crippen LogP contribution in [0.2, 0.25) is 0 Å². The quantitative estimate of drug-likeness (QED) is 0.835. The molecule has 1 aliphatic rings. The summed E-state index contributed by atoms with van der Waals surface area (Å²) in [6, 6.07) is 10.7. The minimum absolute atomic E-state index is 0.0680. The van der Waals surface area contributed by atoms with Crippen LogP contribution in [0.5, 0.6) is 0 Å². The van der Waals surface area contributed by atoms with Crippen LogP contribution in [-0.2, 0) is 0 Å². The predicted molar refractivity (Wildman–Crippen MR) is 69.0 cm³/mol. The molecule has 92 valence electrons. The Morgan fingerprint density at radius 1 is 1.35 bits per heavy atom. The maximum atomic E-state index is 11.8. The molecular weight excluding hydrogens is 212 g/mol. The van der Waals surface area contributed by atoms with Gasteiger partial charge in [-0.1, -0.05) is 30.3 Å². The van der Waals surface area contributed by atoms with E-state index in [-0.39, 0.29) is 12.1 Å². The van der Waals surface area contributed by atoms with Crippen LogP contribution in [0.25, 0.3) is 0 Å². The van der Waals surface area contributed by atoms with Gasteiger partial charge in [0.2, 0.25) is 0 Å². The fraction of sp³-hybridized carbons (Fsp3) is 0.500. The van der Waals surface area contributed by atoms with Crippen LogP contribution >= 0.6 is 0 Å². The largest absolute Gasteiger partial charge is 0.336 e. The second-order valence-electron chi connectivity index (χ2n) is 4.95. The zero-order valence-corrected chi connectivity index (χ0v) is 10.5. The van der Waals surface area contributed by atoms with Gasteiger partial charge in [-0.15, -0.1) is 0 Å². The number of nitrogens with one attached hydrogen (secondary N) is 1. The van der Waals surface area contributed by atoms with Gasteiger partial charge in [0.1, 0.15) is 0 Å². The molecule has 17 heavy (non-hydrogen) atoms. The monoisotopic (exact) mass is 232 g/mol. The van der Waals surface area contributed by atoms with Crippen LogP contribution in [0.15, 0.2) is 30.3 Å². The first-order valence-electron chi connectivity index (χ1n) is 6.27. The molecule has 0 spiro atoms. The molecule has 0 aromatic heterocycles. The first-order chi connectivity index (χ1) is 8.16. The van der Waals surface area contributed by atoms with Crippen LogP contribution in [0, 0.1) is 0 Å². The molecular formula is C14H20N2O. The molecule has 1 atom stereocenters. The lowest BCUT2D eigenvalue weighted by Crippen LogP contribution is -2.41. The summed E-state index contributed by atoms with van der Waals surface area (Å²) in [5, 5.41) is 2.94. The summed E-state index contributed by atoms with van der Waals surface area (Å²) >= 11 is 0. The van der Waals surface area contributed by atoms with Crippen LogP contribution < -0.4 is 5.32 Å². The summed E-state index contributed by atoms with van der Waals surface area (Å²) in [5.41, 5.74) is 1.34. The van der Waals surface area contributed by atoms with Gasteiger partial charge in [-0.05, 0) is 25.8 Å². The third kappa shape index (κ3) is 2.99. The average Bonchev–Trinajstić information content (AvgIpc) is 2.78. The highest BCUT2D eigenvalue weighted by atomic mass is 16.2. The van der Waals surface area contributed by atoms with Crippen molar-refractivity contribution in [1.29, 1.82) is 0 Å². The van der Waals surface area contributed by atoms with Crippen molar-refractivity contribution in [1.82, 2.24) is 10.2 Å². The first kappa shape index (κ1) is 12.0. The molecule has 2 amide bonds. The maximum Gasteiger partial charge on any atom is 0.317 e. The number of hydrogen-bond donors (Lipinski definition) is 1. The number of nitrogens with zero attached hydrogens (tertiary/aromatic N) is 1. The lowest BCUT2D eigenvalue weighted by atomic mass is 9.99. The minimum Gasteiger partial charge on any atom is -0.336 e. The van der Waals surface area contributed by atoms with Crippen LogP contribution in [0.3, 0.4) is 0 Å². The van der Waals surface area contributed by atoms with Gasteiger partial charge in [0.15, 0.2) is 0 Å². The molecule has 1 N–H and O–H groups in total. The molecule has 3 heteroatoms. The summed E-state index contributed by atoms with van der Waals surface area (Å²) in [7, 11) is 0. The van der Waals surface area contributed by atoms with E-state index in [9.17, 15) is 4.79 Å². The highest BCUT2D eigenvalue weighted by Gasteiger charge is 2.27. The number of urea groups is 1. The van der Waals surface area contributed by atoms with Crippen molar-refractivity contribution < 1.29 is 4.79 Å². The van der Waals surface area contributed by atoms with Gasteiger partial charge in [-0.25, -0.2) is 4.79 Å². The van der Waals surface area contributed by atoms with Crippen LogP contribution in [0.4, 0.5) is 4.79 Å². The molecule has 2 rings (SSSR count). The highest BCUT2D eigenvalue weighted by molar-refractivity contribution is 5.74. The number of rotatable bonds is 2. The van der Waals surface area contributed by atoms with Crippen molar-refractivity contribution in [2.24, 2.45) is 0 Å². The Bertz CT molecular complexity index is 375. The maximum absolute atomic E-state index is 11.8. The number of hydrogen-bond acceptors (Lipinski definition) is 1. The predicted octanol–water partition coefficient (Wildman–Crippen LogP) is 2.59. The minimum atomic E-state index is 0.0680. The van der Waals surface area contributed by atoms with E-state index >= 15 is 0 Å². The second-order valence-corrected chi connectivity index (χ2v) is 4.95. The van der Waals surface area contributed by atoms with E-state index in [4.69, 9.17) is 0 Å². The van der Waals surface area contributed by atoms with E-state index < -0.39 is 0 Å². The third-order valence-corrected chi connectivity index (χ3v) is 3.16. The van der Waals surface area contributed by atoms with Crippen molar-refractivity contribution in [2.45, 2.75) is 32.2 Å². The molecule has 1 unspecified atom stereocenters. The lowest BCUT2D eigenvalue weighted by molar-refractivity contribution is 0.205. The first-order valence-corrected chi connectivity index (χ1v) is 6.27. The molecule has 0 bridgehead atoms. The molecule has 3 nitrogen and oxygen atoms in total. The molecule has 0 radical (unpaired) electrons. The van der Waals surface area contributed by atoms with Gasteiger partial charge in [-0.3, -0.25) is 0 Å². The smallest absolute Gasteiger partial charge is 0.317 e. The number of amides is 2. The Balaban J connectivity index is 1.94. The van der Waals surface area contributed by atoms with E-state index in [0.29, 0.717) is 5.92 Å². The molecule has 0 aliphatic carbocycles. The number of benzene rings is 1. The van der Waals surface area contributed by atoms with Crippen molar-refractivity contribution >= 4 is 6.03 Å². The summed E-state index contributed by atoms with van der Waals surface area (Å²) in [5.74, 6) is 0.495. The van der Waals surface area contributed by atoms with Crippen molar-refractivity contribution in [3.63, 3.8) is 0 Å². The third-order valence-electron chi connectivity index (χ3n) is 3.16. The lowest BCUT2D eigenvalue weighted by Gasteiger charge is -2.19. The van der Waals surface area contributed by atoms with E-state index in [1.807, 2.05) is 24.8 Å². The van der Waals surface area contributed by atoms with Crippen molar-refractivity contribution in [2.75, 3.05) is 13.1 Å². The summed E-state index contributed by atoms with van der Waals surface area (Å²) in [6.45, 7) is 5.67. The SMILES string of the molecule is CC(C)NC(=O)N1CCC(c2ccccc2)C1. The molecule has 1 heterocycles. The summed E-state index contributed by atoms with van der Waals surface area (Å²) < 4.78 is 0. The van der Waals surface area contributed by atoms with E-state index in [1.165, 1.54) is 5.56 Å². The van der Waals surface area contributed by atoms with E-state index in [0.717, 1.165) is 19.5 Å². The Kier molecular flexibility index (Phi) is 3.67. The Hall–Kier alpha value is -1.51. The van der Waals surface area contributed by atoms with Crippen LogP contribution in [0.1, 0.15) is 31.7 Å². The van der Waals surface area contributed by atoms with Crippen molar-refractivity contribution in [3.05, 3.63) is 35.9 Å². The van der Waals surface area contributed by atoms with Gasteiger partial charge in [-0.2, -0.15) is 0 Å². The second kappa shape index (κ2) is 5.21. The summed E-state index contributed by atoms with van der Waals surface area (Å²) in [4.78, 5) is 13.8. The Morgan fingerprint density at radius 3 is 2.71 bits per heavy atom. The zero-order valence-electron chi connectivity index (χ0n) is 10.5. The number of carbonyl (C=O) groups excluding carboxylic acids is 1. The van der Waals surface area contributed by atoms with Gasteiger partial charge >= 0.3 is 6.03 Å². The topological polar surface area (TPSA) is 32.3 Å². The number of carbonyl (C=O) groups is 1. The van der Waals surface area contributed by atoms with E-state index in [2.05, 4.69) is 29.6 Å². The van der Waals surface area contributed by atoms with Gasteiger partial charge < -0.3 is 10.2 Å².